The third-order valence-corrected chi connectivity index (χ3v) is 6.07. The zero-order chi connectivity index (χ0) is 21.1. The number of hydrogen-bond acceptors (Lipinski definition) is 5. The van der Waals surface area contributed by atoms with Gasteiger partial charge in [0.2, 0.25) is 5.91 Å². The Bertz CT molecular complexity index is 1090. The molecule has 0 saturated carbocycles. The molecule has 0 aliphatic carbocycles. The molecule has 1 aliphatic rings. The van der Waals surface area contributed by atoms with E-state index >= 15 is 0 Å². The first-order valence-electron chi connectivity index (χ1n) is 10.1. The Morgan fingerprint density at radius 1 is 1.07 bits per heavy atom. The number of morpholine rings is 1. The van der Waals surface area contributed by atoms with Gasteiger partial charge in [0.15, 0.2) is 5.16 Å². The minimum absolute atomic E-state index is 0.0257. The summed E-state index contributed by atoms with van der Waals surface area (Å²) in [4.78, 5) is 32.5. The van der Waals surface area contributed by atoms with Crippen LogP contribution in [0.25, 0.3) is 10.9 Å². The van der Waals surface area contributed by atoms with Crippen LogP contribution in [0.3, 0.4) is 0 Å². The number of carbonyl (C=O) groups is 1. The van der Waals surface area contributed by atoms with E-state index in [0.717, 1.165) is 5.56 Å². The first-order chi connectivity index (χ1) is 14.5. The molecule has 1 fully saturated rings. The van der Waals surface area contributed by atoms with E-state index in [4.69, 9.17) is 9.72 Å². The highest BCUT2D eigenvalue weighted by Crippen LogP contribution is 2.20. The van der Waals surface area contributed by atoms with Gasteiger partial charge in [-0.25, -0.2) is 4.98 Å². The van der Waals surface area contributed by atoms with Crippen molar-refractivity contribution < 1.29 is 9.53 Å². The second-order valence-electron chi connectivity index (χ2n) is 7.63. The van der Waals surface area contributed by atoms with Crippen molar-refractivity contribution >= 4 is 28.6 Å². The number of fused-ring (bicyclic) bond motifs is 1. The Kier molecular flexibility index (Phi) is 6.20. The molecule has 0 bridgehead atoms. The summed E-state index contributed by atoms with van der Waals surface area (Å²) in [5, 5.41) is 1.14. The van der Waals surface area contributed by atoms with Crippen molar-refractivity contribution in [3.63, 3.8) is 0 Å². The van der Waals surface area contributed by atoms with Gasteiger partial charge in [-0.2, -0.15) is 0 Å². The fourth-order valence-electron chi connectivity index (χ4n) is 3.76. The second kappa shape index (κ2) is 9.02. The lowest BCUT2D eigenvalue weighted by Crippen LogP contribution is -2.48. The molecule has 6 nitrogen and oxygen atoms in total. The normalized spacial score (nSPS) is 19.2. The van der Waals surface area contributed by atoms with Gasteiger partial charge in [-0.1, -0.05) is 54.2 Å². The molecule has 1 amide bonds. The zero-order valence-electron chi connectivity index (χ0n) is 17.2. The molecule has 3 aromatic rings. The Hall–Kier alpha value is -2.64. The van der Waals surface area contributed by atoms with Crippen molar-refractivity contribution in [2.45, 2.75) is 37.8 Å². The van der Waals surface area contributed by atoms with E-state index in [1.54, 1.807) is 10.6 Å². The fourth-order valence-corrected chi connectivity index (χ4v) is 4.66. The summed E-state index contributed by atoms with van der Waals surface area (Å²) in [6.07, 6.45) is 0.0514. The maximum absolute atomic E-state index is 13.2. The predicted octanol–water partition coefficient (Wildman–Crippen LogP) is 3.17. The number of ether oxygens (including phenoxy) is 1. The lowest BCUT2D eigenvalue weighted by Gasteiger charge is -2.35. The monoisotopic (exact) mass is 423 g/mol. The molecule has 4 rings (SSSR count). The topological polar surface area (TPSA) is 64.4 Å². The van der Waals surface area contributed by atoms with Crippen LogP contribution in [0, 0.1) is 0 Å². The van der Waals surface area contributed by atoms with Gasteiger partial charge in [-0.05, 0) is 31.5 Å². The van der Waals surface area contributed by atoms with Crippen molar-refractivity contribution in [2.75, 3.05) is 18.8 Å². The molecule has 0 unspecified atom stereocenters. The second-order valence-corrected chi connectivity index (χ2v) is 8.58. The van der Waals surface area contributed by atoms with Gasteiger partial charge in [0.25, 0.3) is 5.56 Å². The van der Waals surface area contributed by atoms with E-state index in [1.165, 1.54) is 11.8 Å². The van der Waals surface area contributed by atoms with E-state index in [2.05, 4.69) is 0 Å². The van der Waals surface area contributed by atoms with E-state index < -0.39 is 0 Å². The Morgan fingerprint density at radius 3 is 2.47 bits per heavy atom. The maximum Gasteiger partial charge on any atom is 0.262 e. The molecule has 0 N–H and O–H groups in total. The van der Waals surface area contributed by atoms with Crippen molar-refractivity contribution in [1.82, 2.24) is 14.5 Å². The van der Waals surface area contributed by atoms with Crippen LogP contribution in [0.15, 0.2) is 64.5 Å². The number of aromatic nitrogens is 2. The summed E-state index contributed by atoms with van der Waals surface area (Å²) < 4.78 is 7.39. The first kappa shape index (κ1) is 20.6. The minimum Gasteiger partial charge on any atom is -0.372 e. The largest absolute Gasteiger partial charge is 0.372 e. The van der Waals surface area contributed by atoms with Crippen LogP contribution in [0.5, 0.6) is 0 Å². The third-order valence-electron chi connectivity index (χ3n) is 5.11. The van der Waals surface area contributed by atoms with E-state index in [0.29, 0.717) is 35.7 Å². The fraction of sp³-hybridized carbons (Fsp3) is 0.348. The molecule has 7 heteroatoms. The SMILES string of the molecule is C[C@@H]1CN(C(=O)CSc2nc3ccccc3c(=O)n2Cc2ccccc2)C[C@@H](C)O1. The molecule has 0 radical (unpaired) electrons. The van der Waals surface area contributed by atoms with Crippen LogP contribution in [0.4, 0.5) is 0 Å². The average molecular weight is 424 g/mol. The molecule has 0 spiro atoms. The molecule has 1 aromatic heterocycles. The number of benzene rings is 2. The van der Waals surface area contributed by atoms with E-state index in [-0.39, 0.29) is 29.4 Å². The van der Waals surface area contributed by atoms with Gasteiger partial charge >= 0.3 is 0 Å². The van der Waals surface area contributed by atoms with E-state index in [1.807, 2.05) is 67.3 Å². The standard InChI is InChI=1S/C23H25N3O3S/c1-16-12-25(13-17(2)29-16)21(27)15-30-23-24-20-11-7-6-10-19(20)22(28)26(23)14-18-8-4-3-5-9-18/h3-11,16-17H,12-15H2,1-2H3/t16-,17-/m1/s1. The summed E-state index contributed by atoms with van der Waals surface area (Å²) in [5.74, 6) is 0.273. The molecule has 1 saturated heterocycles. The highest BCUT2D eigenvalue weighted by atomic mass is 32.2. The molecular formula is C23H25N3O3S. The summed E-state index contributed by atoms with van der Waals surface area (Å²) in [5.41, 5.74) is 1.57. The first-order valence-corrected chi connectivity index (χ1v) is 11.1. The van der Waals surface area contributed by atoms with Crippen LogP contribution in [0.2, 0.25) is 0 Å². The van der Waals surface area contributed by atoms with Gasteiger partial charge in [0.1, 0.15) is 0 Å². The smallest absolute Gasteiger partial charge is 0.262 e. The number of carbonyl (C=O) groups excluding carboxylic acids is 1. The third kappa shape index (κ3) is 4.57. The Labute approximate surface area is 179 Å². The number of para-hydroxylation sites is 1. The van der Waals surface area contributed by atoms with Gasteiger partial charge in [0.05, 0.1) is 35.4 Å². The average Bonchev–Trinajstić information content (AvgIpc) is 2.74. The number of nitrogens with zero attached hydrogens (tertiary/aromatic N) is 3. The molecular weight excluding hydrogens is 398 g/mol. The molecule has 2 aromatic carbocycles. The van der Waals surface area contributed by atoms with Crippen molar-refractivity contribution in [1.29, 1.82) is 0 Å². The number of amides is 1. The Balaban J connectivity index is 1.61. The van der Waals surface area contributed by atoms with Crippen molar-refractivity contribution in [2.24, 2.45) is 0 Å². The van der Waals surface area contributed by atoms with Crippen molar-refractivity contribution in [3.8, 4) is 0 Å². The Morgan fingerprint density at radius 2 is 1.73 bits per heavy atom. The van der Waals surface area contributed by atoms with Gasteiger partial charge < -0.3 is 9.64 Å². The molecule has 156 valence electrons. The summed E-state index contributed by atoms with van der Waals surface area (Å²) in [7, 11) is 0. The number of hydrogen-bond donors (Lipinski definition) is 0. The van der Waals surface area contributed by atoms with Crippen LogP contribution in [0.1, 0.15) is 19.4 Å². The predicted molar refractivity (Wildman–Crippen MR) is 119 cm³/mol. The molecule has 1 aliphatic heterocycles. The number of rotatable bonds is 5. The quantitative estimate of drug-likeness (QED) is 0.466. The molecule has 2 atom stereocenters. The molecule has 2 heterocycles. The molecule has 30 heavy (non-hydrogen) atoms. The van der Waals surface area contributed by atoms with Crippen molar-refractivity contribution in [3.05, 3.63) is 70.5 Å². The van der Waals surface area contributed by atoms with Crippen LogP contribution in [-0.4, -0.2) is 51.4 Å². The highest BCUT2D eigenvalue weighted by Gasteiger charge is 2.26. The van der Waals surface area contributed by atoms with Gasteiger partial charge in [-0.15, -0.1) is 0 Å². The highest BCUT2D eigenvalue weighted by molar-refractivity contribution is 7.99. The van der Waals surface area contributed by atoms with Gasteiger partial charge in [0, 0.05) is 13.1 Å². The minimum atomic E-state index is -0.0898. The van der Waals surface area contributed by atoms with Crippen LogP contribution < -0.4 is 5.56 Å². The lowest BCUT2D eigenvalue weighted by atomic mass is 10.2. The van der Waals surface area contributed by atoms with Gasteiger partial charge in [-0.3, -0.25) is 14.2 Å². The zero-order valence-corrected chi connectivity index (χ0v) is 18.0. The van der Waals surface area contributed by atoms with E-state index in [9.17, 15) is 9.59 Å². The summed E-state index contributed by atoms with van der Waals surface area (Å²) >= 11 is 1.32. The maximum atomic E-state index is 13.2. The summed E-state index contributed by atoms with van der Waals surface area (Å²) in [6, 6.07) is 17.2. The summed E-state index contributed by atoms with van der Waals surface area (Å²) in [6.45, 7) is 5.55. The number of thioether (sulfide) groups is 1. The van der Waals surface area contributed by atoms with Crippen LogP contribution in [-0.2, 0) is 16.1 Å². The van der Waals surface area contributed by atoms with Crippen LogP contribution >= 0.6 is 11.8 Å². The lowest BCUT2D eigenvalue weighted by molar-refractivity contribution is -0.140.